The van der Waals surface area contributed by atoms with Crippen LogP contribution in [0.3, 0.4) is 0 Å². The van der Waals surface area contributed by atoms with Gasteiger partial charge in [-0.3, -0.25) is 4.79 Å². The van der Waals surface area contributed by atoms with E-state index < -0.39 is 0 Å². The van der Waals surface area contributed by atoms with E-state index in [-0.39, 0.29) is 17.8 Å². The number of benzene rings is 1. The Bertz CT molecular complexity index is 801. The zero-order valence-corrected chi connectivity index (χ0v) is 14.5. The summed E-state index contributed by atoms with van der Waals surface area (Å²) in [4.78, 5) is 15.1. The van der Waals surface area contributed by atoms with Gasteiger partial charge in [-0.2, -0.15) is 5.10 Å². The molecule has 1 unspecified atom stereocenters. The Kier molecular flexibility index (Phi) is 4.29. The number of rotatable bonds is 4. The molecule has 1 aromatic carbocycles. The topological polar surface area (TPSA) is 50.2 Å². The van der Waals surface area contributed by atoms with E-state index >= 15 is 0 Å². The molecular formula is C19H23FN4O. The second-order valence-corrected chi connectivity index (χ2v) is 6.84. The Morgan fingerprint density at radius 3 is 2.96 bits per heavy atom. The van der Waals surface area contributed by atoms with E-state index in [9.17, 15) is 9.18 Å². The molecule has 1 aromatic heterocycles. The number of carbonyl (C=O) groups is 1. The van der Waals surface area contributed by atoms with Gasteiger partial charge in [0.15, 0.2) is 5.69 Å². The highest BCUT2D eigenvalue weighted by molar-refractivity contribution is 5.94. The summed E-state index contributed by atoms with van der Waals surface area (Å²) >= 11 is 0. The largest absolute Gasteiger partial charge is 0.333 e. The summed E-state index contributed by atoms with van der Waals surface area (Å²) < 4.78 is 15.9. The molecule has 1 amide bonds. The van der Waals surface area contributed by atoms with Gasteiger partial charge in [0.1, 0.15) is 11.5 Å². The van der Waals surface area contributed by atoms with Gasteiger partial charge < -0.3 is 10.2 Å². The van der Waals surface area contributed by atoms with Crippen LogP contribution in [0.1, 0.15) is 41.0 Å². The van der Waals surface area contributed by atoms with E-state index in [0.29, 0.717) is 11.4 Å². The molecule has 4 rings (SSSR count). The molecule has 0 radical (unpaired) electrons. The number of nitrogens with zero attached hydrogens (tertiary/aromatic N) is 3. The molecule has 0 bridgehead atoms. The smallest absolute Gasteiger partial charge is 0.274 e. The highest BCUT2D eigenvalue weighted by Crippen LogP contribution is 2.30. The summed E-state index contributed by atoms with van der Waals surface area (Å²) in [6.45, 7) is 1.56. The Hall–Kier alpha value is -2.21. The van der Waals surface area contributed by atoms with Gasteiger partial charge in [-0.1, -0.05) is 12.1 Å². The van der Waals surface area contributed by atoms with Crippen LogP contribution in [0.4, 0.5) is 4.39 Å². The second kappa shape index (κ2) is 6.59. The fourth-order valence-electron chi connectivity index (χ4n) is 4.12. The van der Waals surface area contributed by atoms with Crippen molar-refractivity contribution in [3.8, 4) is 5.69 Å². The molecule has 132 valence electrons. The number of likely N-dealkylation sites (N-methyl/N-ethyl adjacent to an activating group) is 1. The first-order valence-corrected chi connectivity index (χ1v) is 9.02. The minimum absolute atomic E-state index is 0.00834. The third-order valence-corrected chi connectivity index (χ3v) is 5.29. The van der Waals surface area contributed by atoms with Gasteiger partial charge >= 0.3 is 0 Å². The van der Waals surface area contributed by atoms with Crippen LogP contribution in [0.15, 0.2) is 24.3 Å². The van der Waals surface area contributed by atoms with Crippen molar-refractivity contribution in [3.63, 3.8) is 0 Å². The number of para-hydroxylation sites is 1. The number of fused-ring (bicyclic) bond motifs is 1. The highest BCUT2D eigenvalue weighted by atomic mass is 19.1. The van der Waals surface area contributed by atoms with Crippen LogP contribution in [-0.2, 0) is 12.8 Å². The third kappa shape index (κ3) is 2.74. The number of aromatic nitrogens is 2. The maximum atomic E-state index is 14.3. The van der Waals surface area contributed by atoms with Crippen LogP contribution in [0.5, 0.6) is 0 Å². The van der Waals surface area contributed by atoms with Crippen molar-refractivity contribution in [2.75, 3.05) is 20.1 Å². The Morgan fingerprint density at radius 1 is 1.32 bits per heavy atom. The predicted octanol–water partition coefficient (Wildman–Crippen LogP) is 2.32. The van der Waals surface area contributed by atoms with Crippen LogP contribution in [0, 0.1) is 5.82 Å². The molecular weight excluding hydrogens is 319 g/mol. The molecule has 1 saturated heterocycles. The average Bonchev–Trinajstić information content (AvgIpc) is 3.31. The maximum absolute atomic E-state index is 14.3. The van der Waals surface area contributed by atoms with Crippen molar-refractivity contribution in [2.45, 2.75) is 38.1 Å². The number of hydrogen-bond acceptors (Lipinski definition) is 3. The zero-order valence-electron chi connectivity index (χ0n) is 14.5. The highest BCUT2D eigenvalue weighted by Gasteiger charge is 2.34. The Morgan fingerprint density at radius 2 is 2.16 bits per heavy atom. The number of amides is 1. The number of hydrogen-bond donors (Lipinski definition) is 1. The Labute approximate surface area is 146 Å². The third-order valence-electron chi connectivity index (χ3n) is 5.29. The molecule has 0 saturated carbocycles. The number of carbonyl (C=O) groups excluding carboxylic acids is 1. The van der Waals surface area contributed by atoms with Crippen molar-refractivity contribution < 1.29 is 9.18 Å². The predicted molar refractivity (Wildman–Crippen MR) is 93.5 cm³/mol. The first kappa shape index (κ1) is 16.3. The van der Waals surface area contributed by atoms with Crippen LogP contribution < -0.4 is 5.32 Å². The van der Waals surface area contributed by atoms with E-state index in [1.165, 1.54) is 6.07 Å². The summed E-state index contributed by atoms with van der Waals surface area (Å²) in [5.74, 6) is -0.320. The van der Waals surface area contributed by atoms with Crippen molar-refractivity contribution in [1.29, 1.82) is 0 Å². The molecule has 2 aliphatic rings. The molecule has 5 nitrogen and oxygen atoms in total. The average molecular weight is 342 g/mol. The van der Waals surface area contributed by atoms with Crippen molar-refractivity contribution in [2.24, 2.45) is 0 Å². The lowest BCUT2D eigenvalue weighted by Crippen LogP contribution is -2.41. The standard InChI is InChI=1S/C19H23FN4O/c1-21-12-13-6-5-11-23(13)19(25)18-14-7-4-10-16(14)24(22-18)17-9-3-2-8-15(17)20/h2-3,8-9,13,21H,4-7,10-12H2,1H3. The Balaban J connectivity index is 1.73. The van der Waals surface area contributed by atoms with Gasteiger partial charge in [-0.25, -0.2) is 9.07 Å². The summed E-state index contributed by atoms with van der Waals surface area (Å²) in [5, 5.41) is 7.73. The van der Waals surface area contributed by atoms with E-state index in [4.69, 9.17) is 0 Å². The molecule has 1 atom stereocenters. The quantitative estimate of drug-likeness (QED) is 0.928. The van der Waals surface area contributed by atoms with Gasteiger partial charge in [0, 0.05) is 30.4 Å². The molecule has 25 heavy (non-hydrogen) atoms. The molecule has 6 heteroatoms. The normalized spacial score (nSPS) is 19.4. The molecule has 1 aliphatic heterocycles. The maximum Gasteiger partial charge on any atom is 0.274 e. The van der Waals surface area contributed by atoms with Crippen molar-refractivity contribution in [3.05, 3.63) is 47.0 Å². The van der Waals surface area contributed by atoms with Gasteiger partial charge in [0.2, 0.25) is 0 Å². The minimum Gasteiger partial charge on any atom is -0.333 e. The van der Waals surface area contributed by atoms with Gasteiger partial charge in [-0.15, -0.1) is 0 Å². The number of likely N-dealkylation sites (tertiary alicyclic amines) is 1. The first-order valence-electron chi connectivity index (χ1n) is 9.02. The van der Waals surface area contributed by atoms with Crippen LogP contribution in [0.2, 0.25) is 0 Å². The van der Waals surface area contributed by atoms with E-state index in [1.54, 1.807) is 22.9 Å². The van der Waals surface area contributed by atoms with E-state index in [1.807, 2.05) is 11.9 Å². The van der Waals surface area contributed by atoms with Crippen LogP contribution >= 0.6 is 0 Å². The number of halogens is 1. The van der Waals surface area contributed by atoms with Crippen LogP contribution in [0.25, 0.3) is 5.69 Å². The van der Waals surface area contributed by atoms with Crippen molar-refractivity contribution in [1.82, 2.24) is 20.0 Å². The summed E-state index contributed by atoms with van der Waals surface area (Å²) in [6.07, 6.45) is 4.71. The molecule has 2 aromatic rings. The van der Waals surface area contributed by atoms with E-state index in [0.717, 1.165) is 56.5 Å². The zero-order chi connectivity index (χ0) is 17.4. The van der Waals surface area contributed by atoms with Gasteiger partial charge in [-0.05, 0) is 51.3 Å². The summed E-state index contributed by atoms with van der Waals surface area (Å²) in [7, 11) is 1.91. The SMILES string of the molecule is CNCC1CCCN1C(=O)c1nn(-c2ccccc2F)c2c1CCC2. The lowest BCUT2D eigenvalue weighted by atomic mass is 10.1. The molecule has 2 heterocycles. The lowest BCUT2D eigenvalue weighted by molar-refractivity contribution is 0.0729. The van der Waals surface area contributed by atoms with Gasteiger partial charge in [0.25, 0.3) is 5.91 Å². The molecule has 1 N–H and O–H groups in total. The lowest BCUT2D eigenvalue weighted by Gasteiger charge is -2.24. The fraction of sp³-hybridized carbons (Fsp3) is 0.474. The minimum atomic E-state index is -0.312. The molecule has 1 aliphatic carbocycles. The van der Waals surface area contributed by atoms with E-state index in [2.05, 4.69) is 10.4 Å². The summed E-state index contributed by atoms with van der Waals surface area (Å²) in [6, 6.07) is 6.83. The van der Waals surface area contributed by atoms with Crippen LogP contribution in [-0.4, -0.2) is 46.8 Å². The van der Waals surface area contributed by atoms with Crippen molar-refractivity contribution >= 4 is 5.91 Å². The monoisotopic (exact) mass is 342 g/mol. The molecule has 0 spiro atoms. The first-order chi connectivity index (χ1) is 12.2. The molecule has 1 fully saturated rings. The second-order valence-electron chi connectivity index (χ2n) is 6.84. The van der Waals surface area contributed by atoms with Gasteiger partial charge in [0.05, 0.1) is 0 Å². The fourth-order valence-corrected chi connectivity index (χ4v) is 4.12. The number of nitrogens with one attached hydrogen (secondary N) is 1. The summed E-state index contributed by atoms with van der Waals surface area (Å²) in [5.41, 5.74) is 2.92.